The third kappa shape index (κ3) is 7.34. The van der Waals surface area contributed by atoms with Gasteiger partial charge in [0.2, 0.25) is 5.91 Å². The second-order valence-corrected chi connectivity index (χ2v) is 10.2. The van der Waals surface area contributed by atoms with Crippen LogP contribution in [0.25, 0.3) is 0 Å². The maximum atomic E-state index is 13.7. The van der Waals surface area contributed by atoms with E-state index in [0.29, 0.717) is 11.5 Å². The molecule has 0 spiro atoms. The molecule has 1 aliphatic carbocycles. The Hall–Kier alpha value is -2.31. The van der Waals surface area contributed by atoms with Gasteiger partial charge in [-0.15, -0.1) is 0 Å². The zero-order valence-corrected chi connectivity index (χ0v) is 20.5. The van der Waals surface area contributed by atoms with Crippen LogP contribution in [0.3, 0.4) is 0 Å². The number of benzene rings is 2. The molecule has 2 aromatic rings. The Morgan fingerprint density at radius 1 is 1.00 bits per heavy atom. The smallest absolute Gasteiger partial charge is 0.217 e. The van der Waals surface area contributed by atoms with Gasteiger partial charge in [0.15, 0.2) is 0 Å². The normalized spacial score (nSPS) is 17.4. The van der Waals surface area contributed by atoms with Crippen molar-refractivity contribution in [2.45, 2.75) is 83.4 Å². The molecule has 0 heterocycles. The lowest BCUT2D eigenvalue weighted by Crippen LogP contribution is -2.53. The molecule has 2 atom stereocenters. The average Bonchev–Trinajstić information content (AvgIpc) is 2.76. The molecule has 2 aromatic carbocycles. The minimum Gasteiger partial charge on any atom is -0.390 e. The average molecular weight is 473 g/mol. The first-order valence-corrected chi connectivity index (χ1v) is 12.4. The quantitative estimate of drug-likeness (QED) is 0.455. The molecule has 1 fully saturated rings. The predicted octanol–water partition coefficient (Wildman–Crippen LogP) is 5.02. The zero-order valence-electron chi connectivity index (χ0n) is 20.5. The zero-order chi connectivity index (χ0) is 24.7. The highest BCUT2D eigenvalue weighted by molar-refractivity contribution is 5.73. The molecule has 1 aliphatic rings. The van der Waals surface area contributed by atoms with Crippen molar-refractivity contribution in [3.63, 3.8) is 0 Å². The Morgan fingerprint density at radius 2 is 1.68 bits per heavy atom. The predicted molar refractivity (Wildman–Crippen MR) is 131 cm³/mol. The minimum absolute atomic E-state index is 0.133. The highest BCUT2D eigenvalue weighted by atomic mass is 19.1. The summed E-state index contributed by atoms with van der Waals surface area (Å²) < 4.78 is 27.4. The van der Waals surface area contributed by atoms with Crippen molar-refractivity contribution in [1.82, 2.24) is 10.6 Å². The number of hydrogen-bond acceptors (Lipinski definition) is 3. The highest BCUT2D eigenvalue weighted by Gasteiger charge is 2.35. The number of carbonyl (C=O) groups excluding carboxylic acids is 1. The van der Waals surface area contributed by atoms with E-state index in [2.05, 4.69) is 48.7 Å². The lowest BCUT2D eigenvalue weighted by atomic mass is 9.75. The standard InChI is InChI=1S/C28H38F2N2O2/c1-19(2)12-21-8-7-9-23(13-21)28(10-5-4-6-11-28)31-18-27(34)26(32-20(3)33)16-22-14-24(29)17-25(30)15-22/h7-9,13-15,17,19,26-27,31,34H,4-6,10-12,16,18H2,1-3H3,(H,32,33)/t26-,27-/m0/s1. The third-order valence-electron chi connectivity index (χ3n) is 6.71. The molecule has 3 rings (SSSR count). The summed E-state index contributed by atoms with van der Waals surface area (Å²) in [7, 11) is 0. The van der Waals surface area contributed by atoms with E-state index >= 15 is 0 Å². The van der Waals surface area contributed by atoms with E-state index in [1.165, 1.54) is 36.6 Å². The lowest BCUT2D eigenvalue weighted by Gasteiger charge is -2.40. The Morgan fingerprint density at radius 3 is 2.29 bits per heavy atom. The fourth-order valence-corrected chi connectivity index (χ4v) is 5.16. The SMILES string of the molecule is CC(=O)N[C@@H](Cc1cc(F)cc(F)c1)[C@@H](O)CNC1(c2cccc(CC(C)C)c2)CCCCC1. The molecular formula is C28H38F2N2O2. The van der Waals surface area contributed by atoms with Gasteiger partial charge in [0.1, 0.15) is 11.6 Å². The van der Waals surface area contributed by atoms with Gasteiger partial charge in [0.05, 0.1) is 12.1 Å². The molecule has 0 unspecified atom stereocenters. The van der Waals surface area contributed by atoms with Crippen molar-refractivity contribution in [2.75, 3.05) is 6.54 Å². The summed E-state index contributed by atoms with van der Waals surface area (Å²) in [5.41, 5.74) is 2.70. The second-order valence-electron chi connectivity index (χ2n) is 10.2. The first-order chi connectivity index (χ1) is 16.2. The summed E-state index contributed by atoms with van der Waals surface area (Å²) in [5.74, 6) is -1.08. The summed E-state index contributed by atoms with van der Waals surface area (Å²) in [6.07, 6.45) is 5.58. The van der Waals surface area contributed by atoms with Gasteiger partial charge >= 0.3 is 0 Å². The van der Waals surface area contributed by atoms with Crippen LogP contribution in [0.2, 0.25) is 0 Å². The number of nitrogens with one attached hydrogen (secondary N) is 2. The van der Waals surface area contributed by atoms with E-state index in [0.717, 1.165) is 38.2 Å². The van der Waals surface area contributed by atoms with Crippen LogP contribution >= 0.6 is 0 Å². The summed E-state index contributed by atoms with van der Waals surface area (Å²) in [6, 6.07) is 11.3. The Balaban J connectivity index is 1.78. The molecule has 0 aromatic heterocycles. The molecule has 0 bridgehead atoms. The van der Waals surface area contributed by atoms with Gasteiger partial charge in [-0.2, -0.15) is 0 Å². The number of amides is 1. The molecule has 1 saturated carbocycles. The summed E-state index contributed by atoms with van der Waals surface area (Å²) in [5, 5.41) is 17.5. The van der Waals surface area contributed by atoms with Crippen LogP contribution in [-0.4, -0.2) is 29.7 Å². The largest absolute Gasteiger partial charge is 0.390 e. The summed E-state index contributed by atoms with van der Waals surface area (Å²) >= 11 is 0. The fourth-order valence-electron chi connectivity index (χ4n) is 5.16. The molecule has 0 aliphatic heterocycles. The third-order valence-corrected chi connectivity index (χ3v) is 6.71. The van der Waals surface area contributed by atoms with Crippen LogP contribution in [0.5, 0.6) is 0 Å². The van der Waals surface area contributed by atoms with Gasteiger partial charge in [-0.05, 0) is 60.4 Å². The van der Waals surface area contributed by atoms with Gasteiger partial charge in [0.25, 0.3) is 0 Å². The molecule has 6 heteroatoms. The van der Waals surface area contributed by atoms with Crippen LogP contribution in [0.1, 0.15) is 69.6 Å². The monoisotopic (exact) mass is 472 g/mol. The highest BCUT2D eigenvalue weighted by Crippen LogP contribution is 2.37. The number of aliphatic hydroxyl groups excluding tert-OH is 1. The molecule has 0 radical (unpaired) electrons. The Kier molecular flexibility index (Phi) is 9.20. The Labute approximate surface area is 202 Å². The number of rotatable bonds is 10. The van der Waals surface area contributed by atoms with Gasteiger partial charge in [0, 0.05) is 25.1 Å². The van der Waals surface area contributed by atoms with Crippen molar-refractivity contribution in [1.29, 1.82) is 0 Å². The van der Waals surface area contributed by atoms with Gasteiger partial charge in [-0.1, -0.05) is 57.4 Å². The van der Waals surface area contributed by atoms with E-state index in [1.54, 1.807) is 0 Å². The van der Waals surface area contributed by atoms with E-state index in [1.807, 2.05) is 0 Å². The maximum Gasteiger partial charge on any atom is 0.217 e. The second kappa shape index (κ2) is 11.9. The van der Waals surface area contributed by atoms with Crippen LogP contribution in [0, 0.1) is 17.6 Å². The van der Waals surface area contributed by atoms with Crippen molar-refractivity contribution in [3.8, 4) is 0 Å². The van der Waals surface area contributed by atoms with Gasteiger partial charge in [-0.3, -0.25) is 4.79 Å². The van der Waals surface area contributed by atoms with Crippen LogP contribution in [0.4, 0.5) is 8.78 Å². The van der Waals surface area contributed by atoms with Crippen molar-refractivity contribution in [2.24, 2.45) is 5.92 Å². The van der Waals surface area contributed by atoms with E-state index in [-0.39, 0.29) is 24.4 Å². The maximum absolute atomic E-state index is 13.7. The molecule has 4 nitrogen and oxygen atoms in total. The molecule has 0 saturated heterocycles. The van der Waals surface area contributed by atoms with Crippen LogP contribution in [0.15, 0.2) is 42.5 Å². The molecule has 34 heavy (non-hydrogen) atoms. The van der Waals surface area contributed by atoms with Gasteiger partial charge in [-0.25, -0.2) is 8.78 Å². The van der Waals surface area contributed by atoms with Crippen molar-refractivity contribution < 1.29 is 18.7 Å². The summed E-state index contributed by atoms with van der Waals surface area (Å²) in [4.78, 5) is 11.8. The van der Waals surface area contributed by atoms with Crippen LogP contribution < -0.4 is 10.6 Å². The van der Waals surface area contributed by atoms with E-state index in [4.69, 9.17) is 0 Å². The Bertz CT molecular complexity index is 937. The summed E-state index contributed by atoms with van der Waals surface area (Å²) in [6.45, 7) is 6.06. The topological polar surface area (TPSA) is 61.4 Å². The van der Waals surface area contributed by atoms with E-state index < -0.39 is 23.8 Å². The number of carbonyl (C=O) groups is 1. The molecule has 1 amide bonds. The first kappa shape index (κ1) is 26.3. The lowest BCUT2D eigenvalue weighted by molar-refractivity contribution is -0.120. The molecule has 3 N–H and O–H groups in total. The number of halogens is 2. The molecule has 186 valence electrons. The van der Waals surface area contributed by atoms with Crippen LogP contribution in [-0.2, 0) is 23.2 Å². The van der Waals surface area contributed by atoms with E-state index in [9.17, 15) is 18.7 Å². The van der Waals surface area contributed by atoms with Crippen molar-refractivity contribution in [3.05, 3.63) is 70.8 Å². The molecular weight excluding hydrogens is 434 g/mol. The van der Waals surface area contributed by atoms with Crippen molar-refractivity contribution >= 4 is 5.91 Å². The number of hydrogen-bond donors (Lipinski definition) is 3. The first-order valence-electron chi connectivity index (χ1n) is 12.4. The number of aliphatic hydroxyl groups is 1. The minimum atomic E-state index is -0.923. The van der Waals surface area contributed by atoms with Gasteiger partial charge < -0.3 is 15.7 Å². The fraction of sp³-hybridized carbons (Fsp3) is 0.536.